The van der Waals surface area contributed by atoms with Crippen LogP contribution in [0.15, 0.2) is 34.9 Å². The molecule has 1 amide bonds. The van der Waals surface area contributed by atoms with Crippen LogP contribution in [0.4, 0.5) is 4.39 Å². The van der Waals surface area contributed by atoms with Crippen LogP contribution in [-0.4, -0.2) is 64.0 Å². The molecule has 0 bridgehead atoms. The van der Waals surface area contributed by atoms with E-state index >= 15 is 0 Å². The summed E-state index contributed by atoms with van der Waals surface area (Å²) in [6.45, 7) is 2.29. The fourth-order valence-corrected chi connectivity index (χ4v) is 3.38. The molecule has 25 heavy (non-hydrogen) atoms. The van der Waals surface area contributed by atoms with E-state index in [1.165, 1.54) is 12.1 Å². The van der Waals surface area contributed by atoms with Gasteiger partial charge in [0, 0.05) is 39.4 Å². The number of hydrogen-bond donors (Lipinski definition) is 0. The van der Waals surface area contributed by atoms with E-state index in [1.807, 2.05) is 4.90 Å². The number of rotatable bonds is 4. The number of aromatic nitrogens is 2. The molecule has 3 rings (SSSR count). The molecule has 2 aromatic rings. The molecule has 1 saturated heterocycles. The van der Waals surface area contributed by atoms with Crippen molar-refractivity contribution in [3.8, 4) is 0 Å². The van der Waals surface area contributed by atoms with E-state index in [0.29, 0.717) is 36.3 Å². The second kappa shape index (κ2) is 7.45. The molecule has 6 nitrogen and oxygen atoms in total. The van der Waals surface area contributed by atoms with Gasteiger partial charge in [-0.25, -0.2) is 4.39 Å². The highest BCUT2D eigenvalue weighted by Gasteiger charge is 2.26. The van der Waals surface area contributed by atoms with Gasteiger partial charge in [0.1, 0.15) is 5.82 Å². The van der Waals surface area contributed by atoms with Crippen LogP contribution in [0.1, 0.15) is 20.8 Å². The molecule has 0 radical (unpaired) electrons. The molecule has 0 aliphatic carbocycles. The Bertz CT molecular complexity index is 800. The molecule has 0 spiro atoms. The average Bonchev–Trinajstić information content (AvgIpc) is 2.93. The normalized spacial score (nSPS) is 15.4. The maximum absolute atomic E-state index is 13.7. The summed E-state index contributed by atoms with van der Waals surface area (Å²) < 4.78 is 15.9. The number of amides is 1. The molecular formula is C17H18BrFN4O2. The van der Waals surface area contributed by atoms with Crippen molar-refractivity contribution in [2.75, 3.05) is 32.7 Å². The van der Waals surface area contributed by atoms with E-state index in [-0.39, 0.29) is 23.8 Å². The van der Waals surface area contributed by atoms with Gasteiger partial charge in [-0.05, 0) is 28.1 Å². The Kier molecular flexibility index (Phi) is 5.29. The number of ketones is 1. The summed E-state index contributed by atoms with van der Waals surface area (Å²) in [6, 6.07) is 5.99. The summed E-state index contributed by atoms with van der Waals surface area (Å²) in [6.07, 6.45) is 1.73. The van der Waals surface area contributed by atoms with Crippen LogP contribution in [0.5, 0.6) is 0 Å². The molecule has 0 atom stereocenters. The lowest BCUT2D eigenvalue weighted by molar-refractivity contribution is 0.0617. The number of nitrogens with zero attached hydrogens (tertiary/aromatic N) is 4. The molecule has 8 heteroatoms. The lowest BCUT2D eigenvalue weighted by Crippen LogP contribution is -2.50. The molecule has 0 unspecified atom stereocenters. The summed E-state index contributed by atoms with van der Waals surface area (Å²) in [5, 5.41) is 4.17. The van der Waals surface area contributed by atoms with Crippen molar-refractivity contribution in [2.24, 2.45) is 7.05 Å². The Labute approximate surface area is 153 Å². The number of halogens is 2. The Balaban J connectivity index is 1.57. The molecule has 1 aliphatic heterocycles. The van der Waals surface area contributed by atoms with E-state index < -0.39 is 5.82 Å². The number of carbonyl (C=O) groups excluding carboxylic acids is 2. The van der Waals surface area contributed by atoms with E-state index in [1.54, 1.807) is 35.0 Å². The standard InChI is InChI=1S/C17H18BrFN4O2/c1-21-10-13(18)16(20-21)17(25)23-8-6-22(7-9-23)11-15(24)12-4-2-3-5-14(12)19/h2-5,10H,6-9,11H2,1H3. The van der Waals surface area contributed by atoms with Crippen LogP contribution >= 0.6 is 15.9 Å². The summed E-state index contributed by atoms with van der Waals surface area (Å²) in [7, 11) is 1.76. The van der Waals surface area contributed by atoms with E-state index in [9.17, 15) is 14.0 Å². The number of piperazine rings is 1. The van der Waals surface area contributed by atoms with Crippen molar-refractivity contribution >= 4 is 27.6 Å². The monoisotopic (exact) mass is 408 g/mol. The van der Waals surface area contributed by atoms with Gasteiger partial charge in [0.2, 0.25) is 0 Å². The lowest BCUT2D eigenvalue weighted by atomic mass is 10.1. The lowest BCUT2D eigenvalue weighted by Gasteiger charge is -2.34. The first-order valence-electron chi connectivity index (χ1n) is 7.94. The predicted octanol–water partition coefficient (Wildman–Crippen LogP) is 1.96. The number of benzene rings is 1. The Morgan fingerprint density at radius 2 is 1.88 bits per heavy atom. The Morgan fingerprint density at radius 1 is 1.20 bits per heavy atom. The van der Waals surface area contributed by atoms with Crippen LogP contribution in [0.25, 0.3) is 0 Å². The van der Waals surface area contributed by atoms with E-state index in [4.69, 9.17) is 0 Å². The summed E-state index contributed by atoms with van der Waals surface area (Å²) >= 11 is 3.34. The van der Waals surface area contributed by atoms with Gasteiger partial charge >= 0.3 is 0 Å². The van der Waals surface area contributed by atoms with Crippen molar-refractivity contribution < 1.29 is 14.0 Å². The zero-order chi connectivity index (χ0) is 18.0. The highest BCUT2D eigenvalue weighted by atomic mass is 79.9. The summed E-state index contributed by atoms with van der Waals surface area (Å²) in [5.41, 5.74) is 0.497. The number of hydrogen-bond acceptors (Lipinski definition) is 4. The fraction of sp³-hybridized carbons (Fsp3) is 0.353. The molecule has 2 heterocycles. The van der Waals surface area contributed by atoms with E-state index in [2.05, 4.69) is 21.0 Å². The fourth-order valence-electron chi connectivity index (χ4n) is 2.84. The number of aryl methyl sites for hydroxylation is 1. The van der Waals surface area contributed by atoms with Crippen LogP contribution in [0.2, 0.25) is 0 Å². The molecular weight excluding hydrogens is 391 g/mol. The van der Waals surface area contributed by atoms with Crippen molar-refractivity contribution in [1.29, 1.82) is 0 Å². The minimum Gasteiger partial charge on any atom is -0.335 e. The van der Waals surface area contributed by atoms with Crippen molar-refractivity contribution in [3.63, 3.8) is 0 Å². The zero-order valence-corrected chi connectivity index (χ0v) is 15.4. The van der Waals surface area contributed by atoms with Gasteiger partial charge in [-0.15, -0.1) is 0 Å². The van der Waals surface area contributed by atoms with Crippen molar-refractivity contribution in [1.82, 2.24) is 19.6 Å². The third-order valence-electron chi connectivity index (χ3n) is 4.19. The van der Waals surface area contributed by atoms with Crippen LogP contribution < -0.4 is 0 Å². The highest BCUT2D eigenvalue weighted by molar-refractivity contribution is 9.10. The second-order valence-electron chi connectivity index (χ2n) is 5.97. The summed E-state index contributed by atoms with van der Waals surface area (Å²) in [5.74, 6) is -0.876. The third kappa shape index (κ3) is 3.96. The van der Waals surface area contributed by atoms with Gasteiger partial charge < -0.3 is 4.90 Å². The SMILES string of the molecule is Cn1cc(Br)c(C(=O)N2CCN(CC(=O)c3ccccc3F)CC2)n1. The van der Waals surface area contributed by atoms with Crippen LogP contribution in [0, 0.1) is 5.82 Å². The first kappa shape index (κ1) is 17.8. The van der Waals surface area contributed by atoms with Gasteiger partial charge in [0.25, 0.3) is 5.91 Å². The minimum absolute atomic E-state index is 0.110. The molecule has 0 saturated carbocycles. The quantitative estimate of drug-likeness (QED) is 0.725. The summed E-state index contributed by atoms with van der Waals surface area (Å²) in [4.78, 5) is 28.4. The maximum atomic E-state index is 13.7. The van der Waals surface area contributed by atoms with Crippen molar-refractivity contribution in [3.05, 3.63) is 52.0 Å². The van der Waals surface area contributed by atoms with Gasteiger partial charge in [0.15, 0.2) is 11.5 Å². The topological polar surface area (TPSA) is 58.4 Å². The average molecular weight is 409 g/mol. The molecule has 1 aromatic carbocycles. The largest absolute Gasteiger partial charge is 0.335 e. The molecule has 0 N–H and O–H groups in total. The van der Waals surface area contributed by atoms with Gasteiger partial charge in [-0.3, -0.25) is 19.2 Å². The molecule has 1 aliphatic rings. The molecule has 1 aromatic heterocycles. The second-order valence-corrected chi connectivity index (χ2v) is 6.83. The number of Topliss-reactive ketones (excluding diaryl/α,β-unsaturated/α-hetero) is 1. The third-order valence-corrected chi connectivity index (χ3v) is 4.77. The highest BCUT2D eigenvalue weighted by Crippen LogP contribution is 2.17. The van der Waals surface area contributed by atoms with Crippen LogP contribution in [0.3, 0.4) is 0 Å². The smallest absolute Gasteiger partial charge is 0.275 e. The maximum Gasteiger partial charge on any atom is 0.275 e. The molecule has 1 fully saturated rings. The Morgan fingerprint density at radius 3 is 2.48 bits per heavy atom. The number of carbonyl (C=O) groups is 2. The first-order valence-corrected chi connectivity index (χ1v) is 8.73. The minimum atomic E-state index is -0.499. The predicted molar refractivity (Wildman–Crippen MR) is 94.0 cm³/mol. The molecule has 132 valence electrons. The van der Waals surface area contributed by atoms with Gasteiger partial charge in [-0.2, -0.15) is 5.10 Å². The van der Waals surface area contributed by atoms with Gasteiger partial charge in [0.05, 0.1) is 16.6 Å². The van der Waals surface area contributed by atoms with Gasteiger partial charge in [-0.1, -0.05) is 12.1 Å². The first-order chi connectivity index (χ1) is 12.0. The van der Waals surface area contributed by atoms with E-state index in [0.717, 1.165) is 0 Å². The zero-order valence-electron chi connectivity index (χ0n) is 13.8. The van der Waals surface area contributed by atoms with Crippen LogP contribution in [-0.2, 0) is 7.05 Å². The Hall–Kier alpha value is -2.06. The van der Waals surface area contributed by atoms with Crippen molar-refractivity contribution in [2.45, 2.75) is 0 Å².